The Bertz CT molecular complexity index is 1690. The van der Waals surface area contributed by atoms with Crippen molar-refractivity contribution in [2.75, 3.05) is 26.2 Å². The van der Waals surface area contributed by atoms with Crippen LogP contribution in [0.25, 0.3) is 0 Å². The van der Waals surface area contributed by atoms with Crippen LogP contribution in [-0.2, 0) is 0 Å². The maximum Gasteiger partial charge on any atom is 0.258 e. The zero-order valence-electron chi connectivity index (χ0n) is 22.9. The lowest BCUT2D eigenvalue weighted by Crippen LogP contribution is -2.41. The van der Waals surface area contributed by atoms with E-state index in [0.717, 1.165) is 46.2 Å². The second kappa shape index (κ2) is 13.8. The van der Waals surface area contributed by atoms with Gasteiger partial charge in [-0.3, -0.25) is 28.8 Å². The van der Waals surface area contributed by atoms with Crippen LogP contribution in [0.5, 0.6) is 17.2 Å². The largest absolute Gasteiger partial charge is 0.508 e. The van der Waals surface area contributed by atoms with E-state index in [0.29, 0.717) is 0 Å². The number of phenols is 3. The molecule has 15 heteroatoms. The molecule has 1 aliphatic rings. The van der Waals surface area contributed by atoms with Crippen LogP contribution in [0.15, 0.2) is 67.0 Å². The molecule has 1 aliphatic heterocycles. The molecule has 3 aromatic rings. The maximum absolute atomic E-state index is 13.6. The number of hydrogen-bond acceptors (Lipinski definition) is 9. The topological polar surface area (TPSA) is 173 Å². The van der Waals surface area contributed by atoms with E-state index in [4.69, 9.17) is 34.8 Å². The van der Waals surface area contributed by atoms with Crippen LogP contribution in [0.1, 0.15) is 62.1 Å². The minimum absolute atomic E-state index is 0.0987. The Balaban J connectivity index is 1.74. The van der Waals surface area contributed by atoms with E-state index < -0.39 is 50.7 Å². The molecule has 45 heavy (non-hydrogen) atoms. The molecule has 3 N–H and O–H groups in total. The van der Waals surface area contributed by atoms with Crippen LogP contribution in [0.2, 0.25) is 0 Å². The quantitative estimate of drug-likeness (QED) is 0.325. The van der Waals surface area contributed by atoms with Crippen LogP contribution in [0.3, 0.4) is 0 Å². The van der Waals surface area contributed by atoms with E-state index in [9.17, 15) is 44.1 Å². The molecule has 4 rings (SSSR count). The third kappa shape index (κ3) is 7.98. The van der Waals surface area contributed by atoms with Gasteiger partial charge in [0.05, 0.1) is 0 Å². The van der Waals surface area contributed by atoms with Crippen molar-refractivity contribution < 1.29 is 44.1 Å². The summed E-state index contributed by atoms with van der Waals surface area (Å²) in [7, 11) is 0. The minimum atomic E-state index is -0.921. The third-order valence-corrected chi connectivity index (χ3v) is 7.29. The van der Waals surface area contributed by atoms with Crippen molar-refractivity contribution in [1.29, 1.82) is 0 Å². The summed E-state index contributed by atoms with van der Waals surface area (Å²) in [6.45, 7) is -0.540. The summed E-state index contributed by atoms with van der Waals surface area (Å²) < 4.78 is 0. The monoisotopic (exact) mass is 673 g/mol. The summed E-state index contributed by atoms with van der Waals surface area (Å²) >= 11 is 16.6. The number of halogens is 3. The SMILES string of the molecule is O=C(Cl)c1cc(O)cc(C(=O)N2C=CN(C(=O)c3cc(O)cc(C(=O)Cl)c3)CCN(C(=O)c3cc(O)cc(C(=O)Cl)c3)CC2)c1. The highest BCUT2D eigenvalue weighted by Crippen LogP contribution is 2.23. The first-order valence-electron chi connectivity index (χ1n) is 12.9. The number of amides is 3. The van der Waals surface area contributed by atoms with Crippen molar-refractivity contribution in [3.63, 3.8) is 0 Å². The lowest BCUT2D eigenvalue weighted by molar-refractivity contribution is 0.0686. The van der Waals surface area contributed by atoms with Gasteiger partial charge >= 0.3 is 0 Å². The fraction of sp³-hybridized carbons (Fsp3) is 0.133. The Morgan fingerprint density at radius 3 is 1.04 bits per heavy atom. The fourth-order valence-electron chi connectivity index (χ4n) is 4.48. The molecule has 3 aromatic carbocycles. The van der Waals surface area contributed by atoms with E-state index in [1.807, 2.05) is 0 Å². The molecule has 3 amide bonds. The number of nitrogens with zero attached hydrogens (tertiary/aromatic N) is 3. The zero-order chi connectivity index (χ0) is 33.0. The van der Waals surface area contributed by atoms with Crippen LogP contribution in [-0.4, -0.2) is 89.6 Å². The van der Waals surface area contributed by atoms with E-state index in [2.05, 4.69) is 0 Å². The number of phenolic OH excluding ortho intramolecular Hbond substituents is 3. The lowest BCUT2D eigenvalue weighted by atomic mass is 10.1. The van der Waals surface area contributed by atoms with Crippen molar-refractivity contribution in [3.05, 3.63) is 100 Å². The molecule has 0 unspecified atom stereocenters. The molecule has 1 heterocycles. The van der Waals surface area contributed by atoms with E-state index in [1.54, 1.807) is 0 Å². The van der Waals surface area contributed by atoms with Crippen LogP contribution < -0.4 is 0 Å². The minimum Gasteiger partial charge on any atom is -0.508 e. The van der Waals surface area contributed by atoms with Crippen LogP contribution >= 0.6 is 34.8 Å². The maximum atomic E-state index is 13.6. The molecule has 0 aromatic heterocycles. The van der Waals surface area contributed by atoms with Gasteiger partial charge < -0.3 is 30.0 Å². The Kier molecular flexibility index (Phi) is 10.1. The van der Waals surface area contributed by atoms with E-state index >= 15 is 0 Å². The number of aromatic hydroxyl groups is 3. The summed E-state index contributed by atoms with van der Waals surface area (Å²) in [6, 6.07) is 10.1. The van der Waals surface area contributed by atoms with E-state index in [1.165, 1.54) is 35.5 Å². The highest BCUT2D eigenvalue weighted by Gasteiger charge is 2.26. The van der Waals surface area contributed by atoms with Crippen molar-refractivity contribution in [2.24, 2.45) is 0 Å². The van der Waals surface area contributed by atoms with Gasteiger partial charge in [-0.1, -0.05) is 0 Å². The van der Waals surface area contributed by atoms with Gasteiger partial charge in [0.25, 0.3) is 33.4 Å². The van der Waals surface area contributed by atoms with Crippen LogP contribution in [0.4, 0.5) is 0 Å². The second-order valence-electron chi connectivity index (χ2n) is 9.71. The Labute approximate surface area is 270 Å². The normalized spacial score (nSPS) is 13.4. The highest BCUT2D eigenvalue weighted by molar-refractivity contribution is 6.68. The molecular weight excluding hydrogens is 653 g/mol. The number of carbonyl (C=O) groups excluding carboxylic acids is 6. The predicted molar refractivity (Wildman–Crippen MR) is 162 cm³/mol. The molecule has 232 valence electrons. The first-order valence-corrected chi connectivity index (χ1v) is 14.1. The van der Waals surface area contributed by atoms with Crippen molar-refractivity contribution in [3.8, 4) is 17.2 Å². The van der Waals surface area contributed by atoms with Crippen LogP contribution in [0, 0.1) is 0 Å². The summed E-state index contributed by atoms with van der Waals surface area (Å²) in [4.78, 5) is 79.3. The van der Waals surface area contributed by atoms with Gasteiger partial charge in [0, 0.05) is 72.0 Å². The number of hydrogen-bond donors (Lipinski definition) is 3. The van der Waals surface area contributed by atoms with Crippen molar-refractivity contribution in [1.82, 2.24) is 14.7 Å². The summed E-state index contributed by atoms with van der Waals surface area (Å²) in [5, 5.41) is 27.5. The van der Waals surface area contributed by atoms with Gasteiger partial charge in [0.1, 0.15) is 17.2 Å². The van der Waals surface area contributed by atoms with Gasteiger partial charge in [0.2, 0.25) is 0 Å². The Hall–Kier alpha value is -4.91. The zero-order valence-corrected chi connectivity index (χ0v) is 25.2. The average Bonchev–Trinajstić information content (AvgIpc) is 3.09. The summed E-state index contributed by atoms with van der Waals surface area (Å²) in [6.07, 6.45) is 2.49. The number of benzene rings is 3. The smallest absolute Gasteiger partial charge is 0.258 e. The average molecular weight is 675 g/mol. The van der Waals surface area contributed by atoms with Gasteiger partial charge in [-0.2, -0.15) is 0 Å². The molecule has 0 atom stereocenters. The molecule has 0 radical (unpaired) electrons. The number of rotatable bonds is 6. The summed E-state index contributed by atoms with van der Waals surface area (Å²) in [5.74, 6) is -3.36. The van der Waals surface area contributed by atoms with Gasteiger partial charge in [-0.25, -0.2) is 0 Å². The standard InChI is InChI=1S/C30H22Cl3N3O9/c31-25(40)16-7-19(13-22(37)10-16)28(43)34-1-2-35(29(44)20-8-17(26(32)41)11-23(38)14-20)5-6-36(4-3-34)30(45)21-9-18(27(33)42)12-24(39)15-21/h1-2,7-15,37-39H,3-6H2. The molecule has 0 bridgehead atoms. The van der Waals surface area contributed by atoms with Crippen molar-refractivity contribution >= 4 is 68.3 Å². The van der Waals surface area contributed by atoms with Crippen molar-refractivity contribution in [2.45, 2.75) is 0 Å². The highest BCUT2D eigenvalue weighted by atomic mass is 35.5. The molecular formula is C30H22Cl3N3O9. The predicted octanol–water partition coefficient (Wildman–Crippen LogP) is 4.15. The van der Waals surface area contributed by atoms with E-state index in [-0.39, 0.29) is 59.6 Å². The van der Waals surface area contributed by atoms with Gasteiger partial charge in [0.15, 0.2) is 0 Å². The first kappa shape index (κ1) is 33.0. The Morgan fingerprint density at radius 1 is 0.444 bits per heavy atom. The fourth-order valence-corrected chi connectivity index (χ4v) is 4.81. The van der Waals surface area contributed by atoms with Gasteiger partial charge in [-0.05, 0) is 89.4 Å². The molecule has 0 spiro atoms. The van der Waals surface area contributed by atoms with Gasteiger partial charge in [-0.15, -0.1) is 0 Å². The lowest BCUT2D eigenvalue weighted by Gasteiger charge is -2.26. The molecule has 0 fully saturated rings. The Morgan fingerprint density at radius 2 is 0.733 bits per heavy atom. The second-order valence-corrected chi connectivity index (χ2v) is 10.7. The number of carbonyl (C=O) groups is 6. The summed E-state index contributed by atoms with van der Waals surface area (Å²) in [5.41, 5.74) is -0.793. The first-order chi connectivity index (χ1) is 21.2. The molecule has 0 saturated heterocycles. The molecule has 12 nitrogen and oxygen atoms in total. The third-order valence-electron chi connectivity index (χ3n) is 6.63. The molecule has 0 saturated carbocycles. The molecule has 0 aliphatic carbocycles.